The van der Waals surface area contributed by atoms with Gasteiger partial charge in [0, 0.05) is 5.56 Å². The first kappa shape index (κ1) is 11.8. The fourth-order valence-electron chi connectivity index (χ4n) is 1.32. The summed E-state index contributed by atoms with van der Waals surface area (Å²) in [6.07, 6.45) is 0. The molecule has 1 N–H and O–H groups in total. The highest BCUT2D eigenvalue weighted by atomic mass is 79.9. The van der Waals surface area contributed by atoms with Crippen LogP contribution in [0.5, 0.6) is 0 Å². The number of furan rings is 1. The highest BCUT2D eigenvalue weighted by molar-refractivity contribution is 9.10. The molecule has 0 spiro atoms. The summed E-state index contributed by atoms with van der Waals surface area (Å²) in [6.45, 7) is 3.68. The summed E-state index contributed by atoms with van der Waals surface area (Å²) in [5, 5.41) is 6.25. The molecule has 0 aliphatic carbocycles. The van der Waals surface area contributed by atoms with Crippen molar-refractivity contribution in [3.8, 4) is 0 Å². The van der Waals surface area contributed by atoms with Crippen molar-refractivity contribution < 1.29 is 13.7 Å². The molecular formula is C10H10BrN3O3. The summed E-state index contributed by atoms with van der Waals surface area (Å²) in [7, 11) is 0. The number of hydrogen-bond acceptors (Lipinski definition) is 5. The Kier molecular flexibility index (Phi) is 3.28. The lowest BCUT2D eigenvalue weighted by Crippen LogP contribution is -2.23. The molecule has 0 aliphatic rings. The van der Waals surface area contributed by atoms with Crippen LogP contribution in [0.4, 0.5) is 0 Å². The van der Waals surface area contributed by atoms with E-state index in [9.17, 15) is 4.79 Å². The first-order chi connectivity index (χ1) is 8.06. The van der Waals surface area contributed by atoms with Gasteiger partial charge in [-0.15, -0.1) is 0 Å². The van der Waals surface area contributed by atoms with Crippen molar-refractivity contribution in [2.75, 3.05) is 0 Å². The Morgan fingerprint density at radius 1 is 1.53 bits per heavy atom. The number of carbonyl (C=O) groups excluding carboxylic acids is 1. The maximum absolute atomic E-state index is 11.7. The average Bonchev–Trinajstić information content (AvgIpc) is 2.81. The van der Waals surface area contributed by atoms with E-state index >= 15 is 0 Å². The van der Waals surface area contributed by atoms with Gasteiger partial charge in [0.1, 0.15) is 0 Å². The van der Waals surface area contributed by atoms with Gasteiger partial charge in [0.25, 0.3) is 5.91 Å². The fourth-order valence-corrected chi connectivity index (χ4v) is 1.82. The van der Waals surface area contributed by atoms with Crippen LogP contribution in [0.1, 0.15) is 27.8 Å². The third-order valence-electron chi connectivity index (χ3n) is 2.06. The standard InChI is InChI=1S/C10H10BrN3O3/c1-5-3-7(11)16-9(5)10(15)12-4-8-13-6(2)14-17-8/h3H,4H2,1-2H3,(H,12,15). The molecule has 0 radical (unpaired) electrons. The minimum absolute atomic E-state index is 0.178. The largest absolute Gasteiger partial charge is 0.444 e. The number of nitrogens with one attached hydrogen (secondary N) is 1. The number of halogens is 1. The molecule has 2 aromatic heterocycles. The molecule has 0 saturated heterocycles. The van der Waals surface area contributed by atoms with Gasteiger partial charge < -0.3 is 14.3 Å². The number of carbonyl (C=O) groups is 1. The van der Waals surface area contributed by atoms with E-state index in [1.165, 1.54) is 0 Å². The third-order valence-corrected chi connectivity index (χ3v) is 2.45. The number of nitrogens with zero attached hydrogens (tertiary/aromatic N) is 2. The quantitative estimate of drug-likeness (QED) is 0.937. The molecule has 0 bridgehead atoms. The van der Waals surface area contributed by atoms with Crippen LogP contribution < -0.4 is 5.32 Å². The monoisotopic (exact) mass is 299 g/mol. The second kappa shape index (κ2) is 4.70. The van der Waals surface area contributed by atoms with Crippen molar-refractivity contribution in [1.82, 2.24) is 15.5 Å². The van der Waals surface area contributed by atoms with E-state index < -0.39 is 0 Å². The Hall–Kier alpha value is -1.63. The van der Waals surface area contributed by atoms with Crippen LogP contribution in [0.2, 0.25) is 0 Å². The molecule has 0 saturated carbocycles. The molecule has 7 heteroatoms. The van der Waals surface area contributed by atoms with E-state index in [4.69, 9.17) is 8.94 Å². The van der Waals surface area contributed by atoms with E-state index in [0.717, 1.165) is 5.56 Å². The molecule has 6 nitrogen and oxygen atoms in total. The van der Waals surface area contributed by atoms with Crippen LogP contribution in [-0.2, 0) is 6.54 Å². The van der Waals surface area contributed by atoms with Gasteiger partial charge in [-0.2, -0.15) is 4.98 Å². The number of rotatable bonds is 3. The SMILES string of the molecule is Cc1noc(CNC(=O)c2oc(Br)cc2C)n1. The van der Waals surface area contributed by atoms with E-state index in [-0.39, 0.29) is 18.2 Å². The highest BCUT2D eigenvalue weighted by Crippen LogP contribution is 2.19. The molecule has 0 unspecified atom stereocenters. The van der Waals surface area contributed by atoms with E-state index in [1.807, 2.05) is 0 Å². The molecule has 0 atom stereocenters. The van der Waals surface area contributed by atoms with Crippen molar-refractivity contribution in [3.05, 3.63) is 33.8 Å². The zero-order valence-corrected chi connectivity index (χ0v) is 10.9. The lowest BCUT2D eigenvalue weighted by molar-refractivity contribution is 0.0916. The van der Waals surface area contributed by atoms with Gasteiger partial charge in [-0.25, -0.2) is 0 Å². The first-order valence-corrected chi connectivity index (χ1v) is 5.69. The average molecular weight is 300 g/mol. The highest BCUT2D eigenvalue weighted by Gasteiger charge is 2.15. The van der Waals surface area contributed by atoms with Crippen molar-refractivity contribution >= 4 is 21.8 Å². The van der Waals surface area contributed by atoms with Crippen LogP contribution >= 0.6 is 15.9 Å². The normalized spacial score (nSPS) is 10.5. The molecule has 1 amide bonds. The van der Waals surface area contributed by atoms with E-state index in [0.29, 0.717) is 16.4 Å². The first-order valence-electron chi connectivity index (χ1n) is 4.89. The summed E-state index contributed by atoms with van der Waals surface area (Å²) in [4.78, 5) is 15.7. The molecule has 17 heavy (non-hydrogen) atoms. The summed E-state index contributed by atoms with van der Waals surface area (Å²) >= 11 is 3.16. The number of amides is 1. The summed E-state index contributed by atoms with van der Waals surface area (Å²) in [5.41, 5.74) is 0.760. The van der Waals surface area contributed by atoms with Gasteiger partial charge in [-0.05, 0) is 35.8 Å². The lowest BCUT2D eigenvalue weighted by atomic mass is 10.3. The second-order valence-corrected chi connectivity index (χ2v) is 4.26. The maximum atomic E-state index is 11.7. The summed E-state index contributed by atoms with van der Waals surface area (Å²) in [6, 6.07) is 1.73. The van der Waals surface area contributed by atoms with Gasteiger partial charge >= 0.3 is 0 Å². The molecule has 0 fully saturated rings. The smallest absolute Gasteiger partial charge is 0.287 e. The molecule has 0 aliphatic heterocycles. The fraction of sp³-hybridized carbons (Fsp3) is 0.300. The predicted octanol–water partition coefficient (Wildman–Crippen LogP) is 1.97. The summed E-state index contributed by atoms with van der Waals surface area (Å²) in [5.74, 6) is 0.850. The molecule has 2 aromatic rings. The van der Waals surface area contributed by atoms with Gasteiger partial charge in [-0.1, -0.05) is 5.16 Å². The van der Waals surface area contributed by atoms with Gasteiger partial charge in [0.2, 0.25) is 5.89 Å². The minimum Gasteiger partial charge on any atom is -0.444 e. The number of aryl methyl sites for hydroxylation is 2. The van der Waals surface area contributed by atoms with Crippen LogP contribution in [-0.4, -0.2) is 16.0 Å². The lowest BCUT2D eigenvalue weighted by Gasteiger charge is -1.99. The molecule has 2 heterocycles. The van der Waals surface area contributed by atoms with Gasteiger partial charge in [-0.3, -0.25) is 4.79 Å². The molecule has 2 rings (SSSR count). The van der Waals surface area contributed by atoms with Gasteiger partial charge in [0.15, 0.2) is 16.3 Å². The Morgan fingerprint density at radius 3 is 2.82 bits per heavy atom. The third kappa shape index (κ3) is 2.73. The minimum atomic E-state index is -0.316. The number of hydrogen-bond donors (Lipinski definition) is 1. The van der Waals surface area contributed by atoms with Crippen molar-refractivity contribution in [2.45, 2.75) is 20.4 Å². The zero-order valence-electron chi connectivity index (χ0n) is 9.28. The topological polar surface area (TPSA) is 81.2 Å². The predicted molar refractivity (Wildman–Crippen MR) is 61.4 cm³/mol. The van der Waals surface area contributed by atoms with Gasteiger partial charge in [0.05, 0.1) is 6.54 Å². The van der Waals surface area contributed by atoms with E-state index in [2.05, 4.69) is 31.4 Å². The van der Waals surface area contributed by atoms with Crippen molar-refractivity contribution in [1.29, 1.82) is 0 Å². The zero-order chi connectivity index (χ0) is 12.4. The summed E-state index contributed by atoms with van der Waals surface area (Å²) < 4.78 is 10.6. The Labute approximate surface area is 106 Å². The maximum Gasteiger partial charge on any atom is 0.287 e. The molecule has 90 valence electrons. The van der Waals surface area contributed by atoms with Crippen LogP contribution in [0.25, 0.3) is 0 Å². The van der Waals surface area contributed by atoms with Crippen molar-refractivity contribution in [2.24, 2.45) is 0 Å². The van der Waals surface area contributed by atoms with Crippen LogP contribution in [0, 0.1) is 13.8 Å². The second-order valence-electron chi connectivity index (χ2n) is 3.48. The Bertz CT molecular complexity index is 547. The Balaban J connectivity index is 2.00. The van der Waals surface area contributed by atoms with E-state index in [1.54, 1.807) is 19.9 Å². The molecular weight excluding hydrogens is 290 g/mol. The van der Waals surface area contributed by atoms with Crippen LogP contribution in [0.15, 0.2) is 19.7 Å². The Morgan fingerprint density at radius 2 is 2.29 bits per heavy atom. The van der Waals surface area contributed by atoms with Crippen LogP contribution in [0.3, 0.4) is 0 Å². The molecule has 0 aromatic carbocycles. The van der Waals surface area contributed by atoms with Crippen molar-refractivity contribution in [3.63, 3.8) is 0 Å². The number of aromatic nitrogens is 2.